The van der Waals surface area contributed by atoms with E-state index in [4.69, 9.17) is 15.2 Å². The molecule has 4 heteroatoms. The van der Waals surface area contributed by atoms with Gasteiger partial charge in [0.25, 0.3) is 0 Å². The quantitative estimate of drug-likeness (QED) is 0.823. The fourth-order valence-electron chi connectivity index (χ4n) is 1.39. The largest absolute Gasteiger partial charge is 0.376 e. The monoisotopic (exact) mass is 213 g/mol. The van der Waals surface area contributed by atoms with Gasteiger partial charge in [-0.25, -0.2) is 0 Å². The summed E-state index contributed by atoms with van der Waals surface area (Å²) >= 11 is 1.75. The van der Waals surface area contributed by atoms with Gasteiger partial charge in [-0.1, -0.05) is 0 Å². The van der Waals surface area contributed by atoms with E-state index in [0.29, 0.717) is 19.8 Å². The molecule has 0 saturated carbocycles. The molecular formula is C10H15NO2S. The predicted octanol–water partition coefficient (Wildman–Crippen LogP) is 1.47. The van der Waals surface area contributed by atoms with Gasteiger partial charge in [-0.3, -0.25) is 0 Å². The molecule has 1 unspecified atom stereocenters. The molecule has 2 rings (SSSR count). The molecule has 1 aliphatic heterocycles. The van der Waals surface area contributed by atoms with E-state index < -0.39 is 0 Å². The lowest BCUT2D eigenvalue weighted by Gasteiger charge is -2.29. The van der Waals surface area contributed by atoms with E-state index in [1.807, 2.05) is 0 Å². The minimum absolute atomic E-state index is 0.0441. The Balaban J connectivity index is 1.97. The molecule has 1 aliphatic rings. The van der Waals surface area contributed by atoms with Crippen LogP contribution in [-0.4, -0.2) is 25.9 Å². The Morgan fingerprint density at radius 3 is 2.86 bits per heavy atom. The molecule has 1 fully saturated rings. The van der Waals surface area contributed by atoms with Crippen molar-refractivity contribution in [3.05, 3.63) is 21.9 Å². The van der Waals surface area contributed by atoms with Gasteiger partial charge in [0.2, 0.25) is 0 Å². The number of nitrogens with two attached hydrogens (primary N) is 1. The highest BCUT2D eigenvalue weighted by molar-refractivity contribution is 7.12. The summed E-state index contributed by atoms with van der Waals surface area (Å²) in [7, 11) is 0. The van der Waals surface area contributed by atoms with E-state index >= 15 is 0 Å². The molecule has 1 saturated heterocycles. The van der Waals surface area contributed by atoms with Gasteiger partial charge in [-0.2, -0.15) is 0 Å². The third-order valence-electron chi connectivity index (χ3n) is 2.26. The molecule has 0 radical (unpaired) electrons. The number of hydrogen-bond acceptors (Lipinski definition) is 4. The lowest BCUT2D eigenvalue weighted by molar-refractivity contribution is -0.153. The van der Waals surface area contributed by atoms with E-state index in [-0.39, 0.29) is 12.2 Å². The Bertz CT molecular complexity index is 296. The Morgan fingerprint density at radius 2 is 2.43 bits per heavy atom. The first-order chi connectivity index (χ1) is 6.79. The zero-order chi connectivity index (χ0) is 9.97. The number of ether oxygens (including phenoxy) is 2. The van der Waals surface area contributed by atoms with Crippen LogP contribution >= 0.6 is 11.3 Å². The Kier molecular flexibility index (Phi) is 3.18. The third-order valence-corrected chi connectivity index (χ3v) is 3.35. The van der Waals surface area contributed by atoms with Gasteiger partial charge < -0.3 is 15.2 Å². The molecule has 1 atom stereocenters. The van der Waals surface area contributed by atoms with Crippen molar-refractivity contribution >= 4 is 11.3 Å². The van der Waals surface area contributed by atoms with Crippen LogP contribution in [0.1, 0.15) is 15.9 Å². The summed E-state index contributed by atoms with van der Waals surface area (Å²) in [6.07, 6.45) is 0.286. The average Bonchev–Trinajstić information content (AvgIpc) is 2.50. The molecule has 2 heterocycles. The topological polar surface area (TPSA) is 44.5 Å². The van der Waals surface area contributed by atoms with Gasteiger partial charge in [0.05, 0.1) is 13.2 Å². The highest BCUT2D eigenvalue weighted by atomic mass is 32.1. The van der Waals surface area contributed by atoms with Crippen molar-refractivity contribution in [3.63, 3.8) is 0 Å². The Hall–Kier alpha value is -0.420. The van der Waals surface area contributed by atoms with Crippen LogP contribution < -0.4 is 5.73 Å². The van der Waals surface area contributed by atoms with E-state index in [1.54, 1.807) is 11.3 Å². The van der Waals surface area contributed by atoms with Gasteiger partial charge in [-0.05, 0) is 19.1 Å². The van der Waals surface area contributed by atoms with Crippen LogP contribution in [0.2, 0.25) is 0 Å². The van der Waals surface area contributed by atoms with Gasteiger partial charge in [0, 0.05) is 16.3 Å². The minimum atomic E-state index is 0.0441. The maximum atomic E-state index is 5.80. The first kappa shape index (κ1) is 10.1. The van der Waals surface area contributed by atoms with Gasteiger partial charge in [0.1, 0.15) is 12.2 Å². The summed E-state index contributed by atoms with van der Waals surface area (Å²) in [6, 6.07) is 4.19. The molecular weight excluding hydrogens is 198 g/mol. The molecule has 0 aliphatic carbocycles. The molecule has 0 aromatic carbocycles. The molecule has 0 amide bonds. The zero-order valence-electron chi connectivity index (χ0n) is 8.23. The standard InChI is InChI=1S/C10H15NO2S/c1-7-2-3-10(14-7)9(4-11)13-8-5-12-6-8/h2-3,8-9H,4-6,11H2,1H3. The molecule has 1 aromatic heterocycles. The van der Waals surface area contributed by atoms with Crippen molar-refractivity contribution in [2.75, 3.05) is 19.8 Å². The van der Waals surface area contributed by atoms with Gasteiger partial charge in [0.15, 0.2) is 0 Å². The fourth-order valence-corrected chi connectivity index (χ4v) is 2.32. The SMILES string of the molecule is Cc1ccc(C(CN)OC2COC2)s1. The maximum Gasteiger partial charge on any atom is 0.105 e. The summed E-state index contributed by atoms with van der Waals surface area (Å²) in [5.41, 5.74) is 5.68. The predicted molar refractivity (Wildman–Crippen MR) is 56.5 cm³/mol. The first-order valence-electron chi connectivity index (χ1n) is 4.79. The maximum absolute atomic E-state index is 5.80. The molecule has 0 bridgehead atoms. The summed E-state index contributed by atoms with van der Waals surface area (Å²) in [5.74, 6) is 0. The zero-order valence-corrected chi connectivity index (χ0v) is 9.05. The highest BCUT2D eigenvalue weighted by Crippen LogP contribution is 2.27. The van der Waals surface area contributed by atoms with Crippen LogP contribution in [0.25, 0.3) is 0 Å². The van der Waals surface area contributed by atoms with Crippen molar-refractivity contribution in [1.29, 1.82) is 0 Å². The van der Waals surface area contributed by atoms with E-state index in [9.17, 15) is 0 Å². The molecule has 3 nitrogen and oxygen atoms in total. The molecule has 1 aromatic rings. The first-order valence-corrected chi connectivity index (χ1v) is 5.61. The van der Waals surface area contributed by atoms with Crippen molar-refractivity contribution in [1.82, 2.24) is 0 Å². The van der Waals surface area contributed by atoms with Crippen LogP contribution in [0.5, 0.6) is 0 Å². The van der Waals surface area contributed by atoms with Crippen LogP contribution in [0, 0.1) is 6.92 Å². The summed E-state index contributed by atoms with van der Waals surface area (Å²) in [5, 5.41) is 0. The van der Waals surface area contributed by atoms with E-state index in [1.165, 1.54) is 9.75 Å². The van der Waals surface area contributed by atoms with Crippen LogP contribution in [0.15, 0.2) is 12.1 Å². The summed E-state index contributed by atoms with van der Waals surface area (Å²) < 4.78 is 10.9. The number of thiophene rings is 1. The second-order valence-electron chi connectivity index (χ2n) is 3.47. The second-order valence-corrected chi connectivity index (χ2v) is 4.79. The van der Waals surface area contributed by atoms with Crippen molar-refractivity contribution < 1.29 is 9.47 Å². The highest BCUT2D eigenvalue weighted by Gasteiger charge is 2.24. The smallest absolute Gasteiger partial charge is 0.105 e. The van der Waals surface area contributed by atoms with Crippen LogP contribution in [0.4, 0.5) is 0 Å². The van der Waals surface area contributed by atoms with Crippen molar-refractivity contribution in [3.8, 4) is 0 Å². The normalized spacial score (nSPS) is 19.3. The molecule has 14 heavy (non-hydrogen) atoms. The van der Waals surface area contributed by atoms with Gasteiger partial charge in [-0.15, -0.1) is 11.3 Å². The van der Waals surface area contributed by atoms with Crippen molar-refractivity contribution in [2.24, 2.45) is 5.73 Å². The number of rotatable bonds is 4. The molecule has 2 N–H and O–H groups in total. The van der Waals surface area contributed by atoms with Crippen LogP contribution in [0.3, 0.4) is 0 Å². The van der Waals surface area contributed by atoms with Crippen molar-refractivity contribution in [2.45, 2.75) is 19.1 Å². The number of aryl methyl sites for hydroxylation is 1. The fraction of sp³-hybridized carbons (Fsp3) is 0.600. The summed E-state index contributed by atoms with van der Waals surface area (Å²) in [6.45, 7) is 4.05. The van der Waals surface area contributed by atoms with E-state index in [0.717, 1.165) is 0 Å². The average molecular weight is 213 g/mol. The lowest BCUT2D eigenvalue weighted by atomic mass is 10.2. The summed E-state index contributed by atoms with van der Waals surface area (Å²) in [4.78, 5) is 2.52. The Morgan fingerprint density at radius 1 is 1.64 bits per heavy atom. The molecule has 0 spiro atoms. The second kappa shape index (κ2) is 4.40. The van der Waals surface area contributed by atoms with E-state index in [2.05, 4.69) is 19.1 Å². The van der Waals surface area contributed by atoms with Crippen LogP contribution in [-0.2, 0) is 9.47 Å². The molecule has 78 valence electrons. The number of hydrogen-bond donors (Lipinski definition) is 1. The Labute approximate surface area is 87.8 Å². The van der Waals surface area contributed by atoms with Gasteiger partial charge >= 0.3 is 0 Å². The lowest BCUT2D eigenvalue weighted by Crippen LogP contribution is -2.38. The third kappa shape index (κ3) is 2.15. The minimum Gasteiger partial charge on any atom is -0.376 e.